The molecule has 1 aliphatic heterocycles. The molecule has 1 saturated heterocycles. The van der Waals surface area contributed by atoms with Crippen molar-refractivity contribution in [1.29, 1.82) is 0 Å². The standard InChI is InChI=1S/C20H28N6O2/c1-21-19(22-10-5-15-28-18-7-3-6-17(16-18)27-2)25-11-13-26(14-12-25)20-23-8-4-9-24-20/h3-4,6-9,16H,5,10-15H2,1-2H3,(H,21,22). The maximum atomic E-state index is 5.78. The van der Waals surface area contributed by atoms with Crippen molar-refractivity contribution in [3.63, 3.8) is 0 Å². The van der Waals surface area contributed by atoms with Gasteiger partial charge >= 0.3 is 0 Å². The quantitative estimate of drug-likeness (QED) is 0.442. The molecule has 2 heterocycles. The molecule has 0 bridgehead atoms. The van der Waals surface area contributed by atoms with Gasteiger partial charge in [-0.2, -0.15) is 0 Å². The summed E-state index contributed by atoms with van der Waals surface area (Å²) >= 11 is 0. The predicted molar refractivity (Wildman–Crippen MR) is 110 cm³/mol. The molecule has 0 aliphatic carbocycles. The molecule has 0 amide bonds. The molecule has 8 heteroatoms. The summed E-state index contributed by atoms with van der Waals surface area (Å²) in [5, 5.41) is 3.42. The SMILES string of the molecule is CN=C(NCCCOc1cccc(OC)c1)N1CCN(c2ncccn2)CC1. The van der Waals surface area contributed by atoms with Gasteiger partial charge in [0.2, 0.25) is 5.95 Å². The smallest absolute Gasteiger partial charge is 0.225 e. The van der Waals surface area contributed by atoms with Gasteiger partial charge in [-0.05, 0) is 24.6 Å². The molecular formula is C20H28N6O2. The van der Waals surface area contributed by atoms with Crippen LogP contribution >= 0.6 is 0 Å². The number of benzene rings is 1. The molecule has 3 rings (SSSR count). The molecule has 150 valence electrons. The number of hydrogen-bond donors (Lipinski definition) is 1. The van der Waals surface area contributed by atoms with E-state index >= 15 is 0 Å². The Morgan fingerprint density at radius 3 is 2.57 bits per heavy atom. The van der Waals surface area contributed by atoms with Gasteiger partial charge in [-0.3, -0.25) is 4.99 Å². The fourth-order valence-electron chi connectivity index (χ4n) is 3.06. The van der Waals surface area contributed by atoms with Crippen LogP contribution in [-0.4, -0.2) is 74.3 Å². The van der Waals surface area contributed by atoms with Crippen LogP contribution in [0.15, 0.2) is 47.7 Å². The van der Waals surface area contributed by atoms with E-state index in [1.165, 1.54) is 0 Å². The number of guanidine groups is 1. The molecule has 0 unspecified atom stereocenters. The lowest BCUT2D eigenvalue weighted by molar-refractivity contribution is 0.306. The van der Waals surface area contributed by atoms with Crippen molar-refractivity contribution >= 4 is 11.9 Å². The van der Waals surface area contributed by atoms with Crippen LogP contribution in [0.2, 0.25) is 0 Å². The summed E-state index contributed by atoms with van der Waals surface area (Å²) in [6.07, 6.45) is 4.44. The third kappa shape index (κ3) is 5.48. The van der Waals surface area contributed by atoms with E-state index in [1.54, 1.807) is 19.5 Å². The second-order valence-electron chi connectivity index (χ2n) is 6.38. The Hall–Kier alpha value is -3.03. The van der Waals surface area contributed by atoms with Crippen LogP contribution < -0.4 is 19.7 Å². The zero-order chi connectivity index (χ0) is 19.6. The van der Waals surface area contributed by atoms with Crippen LogP contribution in [0.25, 0.3) is 0 Å². The first-order valence-electron chi connectivity index (χ1n) is 9.54. The normalized spacial score (nSPS) is 14.7. The number of rotatable bonds is 7. The summed E-state index contributed by atoms with van der Waals surface area (Å²) in [6, 6.07) is 9.49. The molecule has 1 fully saturated rings. The number of hydrogen-bond acceptors (Lipinski definition) is 6. The van der Waals surface area contributed by atoms with E-state index in [0.29, 0.717) is 6.61 Å². The molecule has 0 radical (unpaired) electrons. The van der Waals surface area contributed by atoms with Crippen LogP contribution in [0.4, 0.5) is 5.95 Å². The monoisotopic (exact) mass is 384 g/mol. The zero-order valence-corrected chi connectivity index (χ0v) is 16.5. The van der Waals surface area contributed by atoms with Crippen LogP contribution in [0.5, 0.6) is 11.5 Å². The minimum Gasteiger partial charge on any atom is -0.497 e. The minimum atomic E-state index is 0.635. The fourth-order valence-corrected chi connectivity index (χ4v) is 3.06. The first-order valence-corrected chi connectivity index (χ1v) is 9.54. The highest BCUT2D eigenvalue weighted by Gasteiger charge is 2.20. The van der Waals surface area contributed by atoms with Crippen molar-refractivity contribution in [2.45, 2.75) is 6.42 Å². The Kier molecular flexibility index (Phi) is 7.29. The lowest BCUT2D eigenvalue weighted by Crippen LogP contribution is -2.53. The second-order valence-corrected chi connectivity index (χ2v) is 6.38. The highest BCUT2D eigenvalue weighted by Crippen LogP contribution is 2.18. The Morgan fingerprint density at radius 2 is 1.86 bits per heavy atom. The van der Waals surface area contributed by atoms with Gasteiger partial charge in [0.25, 0.3) is 0 Å². The summed E-state index contributed by atoms with van der Waals surface area (Å²) in [6.45, 7) is 4.97. The lowest BCUT2D eigenvalue weighted by Gasteiger charge is -2.36. The first kappa shape index (κ1) is 19.7. The van der Waals surface area contributed by atoms with Crippen molar-refractivity contribution in [3.05, 3.63) is 42.7 Å². The maximum absolute atomic E-state index is 5.78. The summed E-state index contributed by atoms with van der Waals surface area (Å²) in [4.78, 5) is 17.5. The van der Waals surface area contributed by atoms with Gasteiger partial charge in [0, 0.05) is 58.2 Å². The summed E-state index contributed by atoms with van der Waals surface area (Å²) in [5.74, 6) is 3.34. The number of nitrogens with one attached hydrogen (secondary N) is 1. The van der Waals surface area contributed by atoms with E-state index in [4.69, 9.17) is 9.47 Å². The number of nitrogens with zero attached hydrogens (tertiary/aromatic N) is 5. The third-order valence-electron chi connectivity index (χ3n) is 4.54. The number of aromatic nitrogens is 2. The van der Waals surface area contributed by atoms with Crippen molar-refractivity contribution in [1.82, 2.24) is 20.2 Å². The van der Waals surface area contributed by atoms with E-state index in [9.17, 15) is 0 Å². The average molecular weight is 384 g/mol. The number of anilines is 1. The summed E-state index contributed by atoms with van der Waals surface area (Å²) in [7, 11) is 3.48. The molecule has 2 aromatic rings. The minimum absolute atomic E-state index is 0.635. The highest BCUT2D eigenvalue weighted by molar-refractivity contribution is 5.80. The largest absolute Gasteiger partial charge is 0.497 e. The van der Waals surface area contributed by atoms with Gasteiger partial charge < -0.3 is 24.6 Å². The maximum Gasteiger partial charge on any atom is 0.225 e. The molecule has 1 aromatic heterocycles. The molecule has 1 aromatic carbocycles. The lowest BCUT2D eigenvalue weighted by atomic mass is 10.3. The summed E-state index contributed by atoms with van der Waals surface area (Å²) in [5.41, 5.74) is 0. The second kappa shape index (κ2) is 10.3. The van der Waals surface area contributed by atoms with Gasteiger partial charge in [-0.25, -0.2) is 9.97 Å². The molecule has 1 aliphatic rings. The third-order valence-corrected chi connectivity index (χ3v) is 4.54. The van der Waals surface area contributed by atoms with Gasteiger partial charge in [0.1, 0.15) is 11.5 Å². The molecule has 0 saturated carbocycles. The Morgan fingerprint density at radius 1 is 1.11 bits per heavy atom. The topological polar surface area (TPSA) is 75.1 Å². The van der Waals surface area contributed by atoms with E-state index in [2.05, 4.69) is 30.1 Å². The highest BCUT2D eigenvalue weighted by atomic mass is 16.5. The van der Waals surface area contributed by atoms with E-state index in [0.717, 1.165) is 62.6 Å². The van der Waals surface area contributed by atoms with Crippen molar-refractivity contribution in [2.24, 2.45) is 4.99 Å². The van der Waals surface area contributed by atoms with Gasteiger partial charge in [0.05, 0.1) is 13.7 Å². The van der Waals surface area contributed by atoms with Gasteiger partial charge in [-0.1, -0.05) is 6.07 Å². The molecule has 0 atom stereocenters. The number of methoxy groups -OCH3 is 1. The Balaban J connectivity index is 1.37. The molecule has 28 heavy (non-hydrogen) atoms. The first-order chi connectivity index (χ1) is 13.8. The Labute approximate surface area is 166 Å². The van der Waals surface area contributed by atoms with E-state index in [1.807, 2.05) is 37.4 Å². The predicted octanol–water partition coefficient (Wildman–Crippen LogP) is 1.65. The van der Waals surface area contributed by atoms with Gasteiger partial charge in [0.15, 0.2) is 5.96 Å². The van der Waals surface area contributed by atoms with E-state index < -0.39 is 0 Å². The summed E-state index contributed by atoms with van der Waals surface area (Å²) < 4.78 is 11.0. The number of piperazine rings is 1. The van der Waals surface area contributed by atoms with Crippen LogP contribution in [0, 0.1) is 0 Å². The molecule has 1 N–H and O–H groups in total. The number of aliphatic imine (C=N–C) groups is 1. The zero-order valence-electron chi connectivity index (χ0n) is 16.5. The molecular weight excluding hydrogens is 356 g/mol. The Bertz CT molecular complexity index is 747. The van der Waals surface area contributed by atoms with Gasteiger partial charge in [-0.15, -0.1) is 0 Å². The number of ether oxygens (including phenoxy) is 2. The average Bonchev–Trinajstić information content (AvgIpc) is 2.77. The van der Waals surface area contributed by atoms with Crippen molar-refractivity contribution in [3.8, 4) is 11.5 Å². The molecule has 0 spiro atoms. The van der Waals surface area contributed by atoms with Crippen LogP contribution in [0.3, 0.4) is 0 Å². The van der Waals surface area contributed by atoms with Crippen LogP contribution in [-0.2, 0) is 0 Å². The van der Waals surface area contributed by atoms with Crippen molar-refractivity contribution < 1.29 is 9.47 Å². The van der Waals surface area contributed by atoms with Crippen LogP contribution in [0.1, 0.15) is 6.42 Å². The van der Waals surface area contributed by atoms with Crippen molar-refractivity contribution in [2.75, 3.05) is 58.4 Å². The van der Waals surface area contributed by atoms with E-state index in [-0.39, 0.29) is 0 Å². The fraction of sp³-hybridized carbons (Fsp3) is 0.450. The molecule has 8 nitrogen and oxygen atoms in total.